The number of hydrogen-bond donors (Lipinski definition) is 2. The normalized spacial score (nSPS) is 10.5. The van der Waals surface area contributed by atoms with Crippen LogP contribution in [0.1, 0.15) is 27.0 Å². The van der Waals surface area contributed by atoms with Gasteiger partial charge in [0.05, 0.1) is 18.9 Å². The Kier molecular flexibility index (Phi) is 7.91. The molecule has 0 saturated carbocycles. The number of hydrazone groups is 1. The van der Waals surface area contributed by atoms with Crippen LogP contribution in [0, 0.1) is 6.92 Å². The van der Waals surface area contributed by atoms with Gasteiger partial charge in [0.25, 0.3) is 0 Å². The summed E-state index contributed by atoms with van der Waals surface area (Å²) < 4.78 is 10.7. The van der Waals surface area contributed by atoms with Crippen LogP contribution in [-0.4, -0.2) is 31.1 Å². The van der Waals surface area contributed by atoms with Gasteiger partial charge in [0.15, 0.2) is 11.5 Å². The van der Waals surface area contributed by atoms with E-state index in [1.165, 1.54) is 13.3 Å². The van der Waals surface area contributed by atoms with E-state index in [9.17, 15) is 14.4 Å². The highest BCUT2D eigenvalue weighted by Gasteiger charge is 2.14. The SMILES string of the molecule is COc1cc(/C=N/NC(=O)C(=O)NCc2ccccc2)ccc1OC(=O)c1cccc(C)c1. The molecule has 2 amide bonds. The second-order valence-corrected chi connectivity index (χ2v) is 7.04. The molecule has 33 heavy (non-hydrogen) atoms. The van der Waals surface area contributed by atoms with Crippen LogP contribution in [0.2, 0.25) is 0 Å². The third kappa shape index (κ3) is 6.76. The van der Waals surface area contributed by atoms with Crippen molar-refractivity contribution in [3.05, 3.63) is 95.1 Å². The van der Waals surface area contributed by atoms with E-state index in [-0.39, 0.29) is 12.3 Å². The first kappa shape index (κ1) is 23.2. The fraction of sp³-hybridized carbons (Fsp3) is 0.120. The van der Waals surface area contributed by atoms with E-state index in [0.717, 1.165) is 11.1 Å². The van der Waals surface area contributed by atoms with Crippen LogP contribution in [0.3, 0.4) is 0 Å². The fourth-order valence-corrected chi connectivity index (χ4v) is 2.85. The van der Waals surface area contributed by atoms with Gasteiger partial charge in [-0.2, -0.15) is 5.10 Å². The lowest BCUT2D eigenvalue weighted by atomic mass is 10.1. The third-order valence-electron chi connectivity index (χ3n) is 4.53. The second kappa shape index (κ2) is 11.2. The lowest BCUT2D eigenvalue weighted by molar-refractivity contribution is -0.139. The first-order valence-corrected chi connectivity index (χ1v) is 10.1. The lowest BCUT2D eigenvalue weighted by Crippen LogP contribution is -2.37. The zero-order valence-electron chi connectivity index (χ0n) is 18.2. The zero-order valence-corrected chi connectivity index (χ0v) is 18.2. The molecule has 0 radical (unpaired) electrons. The van der Waals surface area contributed by atoms with Crippen molar-refractivity contribution in [2.75, 3.05) is 7.11 Å². The molecule has 0 saturated heterocycles. The molecule has 3 aromatic carbocycles. The van der Waals surface area contributed by atoms with Crippen molar-refractivity contribution in [3.8, 4) is 11.5 Å². The number of nitrogens with zero attached hydrogens (tertiary/aromatic N) is 1. The average Bonchev–Trinajstić information content (AvgIpc) is 2.83. The number of carbonyl (C=O) groups is 3. The molecule has 0 bridgehead atoms. The summed E-state index contributed by atoms with van der Waals surface area (Å²) in [5.74, 6) is -1.64. The highest BCUT2D eigenvalue weighted by Crippen LogP contribution is 2.28. The number of amides is 2. The molecule has 0 aromatic heterocycles. The van der Waals surface area contributed by atoms with Gasteiger partial charge in [-0.1, -0.05) is 48.0 Å². The van der Waals surface area contributed by atoms with Crippen molar-refractivity contribution in [2.45, 2.75) is 13.5 Å². The summed E-state index contributed by atoms with van der Waals surface area (Å²) in [4.78, 5) is 36.2. The van der Waals surface area contributed by atoms with Crippen LogP contribution in [0.25, 0.3) is 0 Å². The van der Waals surface area contributed by atoms with Crippen LogP contribution >= 0.6 is 0 Å². The molecule has 0 heterocycles. The first-order chi connectivity index (χ1) is 16.0. The van der Waals surface area contributed by atoms with E-state index in [1.54, 1.807) is 36.4 Å². The Bertz CT molecular complexity index is 1180. The number of esters is 1. The molecule has 168 valence electrons. The molecule has 0 spiro atoms. The number of aryl methyl sites for hydroxylation is 1. The molecule has 0 atom stereocenters. The van der Waals surface area contributed by atoms with E-state index in [4.69, 9.17) is 9.47 Å². The summed E-state index contributed by atoms with van der Waals surface area (Å²) in [6.45, 7) is 2.12. The summed E-state index contributed by atoms with van der Waals surface area (Å²) >= 11 is 0. The Morgan fingerprint density at radius 3 is 2.42 bits per heavy atom. The quantitative estimate of drug-likeness (QED) is 0.191. The van der Waals surface area contributed by atoms with E-state index in [1.807, 2.05) is 43.3 Å². The summed E-state index contributed by atoms with van der Waals surface area (Å²) in [6, 6.07) is 21.1. The molecule has 3 aromatic rings. The average molecular weight is 445 g/mol. The van der Waals surface area contributed by atoms with Crippen LogP contribution in [0.15, 0.2) is 77.9 Å². The minimum Gasteiger partial charge on any atom is -0.493 e. The number of nitrogens with one attached hydrogen (secondary N) is 2. The van der Waals surface area contributed by atoms with Crippen molar-refractivity contribution in [1.82, 2.24) is 10.7 Å². The summed E-state index contributed by atoms with van der Waals surface area (Å²) in [7, 11) is 1.44. The van der Waals surface area contributed by atoms with Crippen LogP contribution in [0.5, 0.6) is 11.5 Å². The number of hydrogen-bond acceptors (Lipinski definition) is 6. The maximum absolute atomic E-state index is 12.4. The zero-order chi connectivity index (χ0) is 23.6. The van der Waals surface area contributed by atoms with E-state index in [0.29, 0.717) is 16.9 Å². The molecule has 0 aliphatic heterocycles. The highest BCUT2D eigenvalue weighted by molar-refractivity contribution is 6.35. The van der Waals surface area contributed by atoms with E-state index >= 15 is 0 Å². The van der Waals surface area contributed by atoms with Crippen molar-refractivity contribution in [1.29, 1.82) is 0 Å². The number of methoxy groups -OCH3 is 1. The maximum atomic E-state index is 12.4. The predicted octanol–water partition coefficient (Wildman–Crippen LogP) is 2.99. The fourth-order valence-electron chi connectivity index (χ4n) is 2.85. The Morgan fingerprint density at radius 2 is 1.70 bits per heavy atom. The monoisotopic (exact) mass is 445 g/mol. The Morgan fingerprint density at radius 1 is 0.909 bits per heavy atom. The lowest BCUT2D eigenvalue weighted by Gasteiger charge is -2.10. The number of benzene rings is 3. The first-order valence-electron chi connectivity index (χ1n) is 10.1. The molecular formula is C25H23N3O5. The Hall–Kier alpha value is -4.46. The predicted molar refractivity (Wildman–Crippen MR) is 123 cm³/mol. The molecule has 2 N–H and O–H groups in total. The van der Waals surface area contributed by atoms with E-state index < -0.39 is 17.8 Å². The highest BCUT2D eigenvalue weighted by atomic mass is 16.6. The number of rotatable bonds is 7. The Balaban J connectivity index is 1.56. The van der Waals surface area contributed by atoms with E-state index in [2.05, 4.69) is 15.8 Å². The van der Waals surface area contributed by atoms with Gasteiger partial charge in [-0.15, -0.1) is 0 Å². The van der Waals surface area contributed by atoms with Gasteiger partial charge in [-0.05, 0) is 48.4 Å². The topological polar surface area (TPSA) is 106 Å². The van der Waals surface area contributed by atoms with Gasteiger partial charge < -0.3 is 14.8 Å². The minimum absolute atomic E-state index is 0.233. The molecule has 8 heteroatoms. The van der Waals surface area contributed by atoms with Crippen LogP contribution in [0.4, 0.5) is 0 Å². The maximum Gasteiger partial charge on any atom is 0.343 e. The standard InChI is InChI=1S/C25H23N3O5/c1-17-7-6-10-20(13-17)25(31)33-21-12-11-19(14-22(21)32-2)16-27-28-24(30)23(29)26-15-18-8-4-3-5-9-18/h3-14,16H,15H2,1-2H3,(H,26,29)(H,28,30)/b27-16+. The van der Waals surface area contributed by atoms with Crippen LogP contribution in [-0.2, 0) is 16.1 Å². The smallest absolute Gasteiger partial charge is 0.343 e. The summed E-state index contributed by atoms with van der Waals surface area (Å²) in [6.07, 6.45) is 1.34. The molecule has 0 unspecified atom stereocenters. The van der Waals surface area contributed by atoms with Crippen LogP contribution < -0.4 is 20.2 Å². The molecule has 3 rings (SSSR count). The van der Waals surface area contributed by atoms with Gasteiger partial charge in [0.1, 0.15) is 0 Å². The molecular weight excluding hydrogens is 422 g/mol. The van der Waals surface area contributed by atoms with Crippen molar-refractivity contribution in [3.63, 3.8) is 0 Å². The third-order valence-corrected chi connectivity index (χ3v) is 4.53. The molecule has 0 aliphatic carbocycles. The van der Waals surface area contributed by atoms with Crippen molar-refractivity contribution >= 4 is 24.0 Å². The molecule has 8 nitrogen and oxygen atoms in total. The van der Waals surface area contributed by atoms with Crippen molar-refractivity contribution < 1.29 is 23.9 Å². The van der Waals surface area contributed by atoms with Gasteiger partial charge in [0.2, 0.25) is 0 Å². The summed E-state index contributed by atoms with van der Waals surface area (Å²) in [5, 5.41) is 6.31. The van der Waals surface area contributed by atoms with Gasteiger partial charge in [-0.25, -0.2) is 10.2 Å². The number of carbonyl (C=O) groups excluding carboxylic acids is 3. The molecule has 0 fully saturated rings. The van der Waals surface area contributed by atoms with Gasteiger partial charge in [-0.3, -0.25) is 9.59 Å². The summed E-state index contributed by atoms with van der Waals surface area (Å²) in [5.41, 5.74) is 4.98. The Labute approximate surface area is 191 Å². The molecule has 0 aliphatic rings. The van der Waals surface area contributed by atoms with Crippen molar-refractivity contribution in [2.24, 2.45) is 5.10 Å². The minimum atomic E-state index is -0.891. The van der Waals surface area contributed by atoms with Gasteiger partial charge >= 0.3 is 17.8 Å². The van der Waals surface area contributed by atoms with Gasteiger partial charge in [0, 0.05) is 6.54 Å². The second-order valence-electron chi connectivity index (χ2n) is 7.04. The largest absolute Gasteiger partial charge is 0.493 e. The number of ether oxygens (including phenoxy) is 2.